The molecule has 1 aromatic heterocycles. The average molecular weight is 241 g/mol. The molecule has 0 unspecified atom stereocenters. The highest BCUT2D eigenvalue weighted by Gasteiger charge is 1.94. The Hall–Kier alpha value is -1.87. The molecule has 1 heterocycles. The number of anilines is 1. The molecule has 0 saturated heterocycles. The Balaban J connectivity index is 1.73. The second kappa shape index (κ2) is 6.17. The lowest BCUT2D eigenvalue weighted by molar-refractivity contribution is 0.776. The molecule has 0 radical (unpaired) electrons. The van der Waals surface area contributed by atoms with Gasteiger partial charge < -0.3 is 5.43 Å². The molecule has 94 valence electrons. The van der Waals surface area contributed by atoms with Gasteiger partial charge in [-0.3, -0.25) is 4.98 Å². The van der Waals surface area contributed by atoms with Crippen molar-refractivity contribution in [2.45, 2.75) is 20.3 Å². The van der Waals surface area contributed by atoms with Gasteiger partial charge in [-0.15, -0.1) is 0 Å². The molecule has 2 N–H and O–H groups in total. The van der Waals surface area contributed by atoms with Gasteiger partial charge in [0.1, 0.15) is 0 Å². The summed E-state index contributed by atoms with van der Waals surface area (Å²) < 4.78 is 0. The Morgan fingerprint density at radius 1 is 1.00 bits per heavy atom. The van der Waals surface area contributed by atoms with Gasteiger partial charge in [-0.05, 0) is 44.0 Å². The van der Waals surface area contributed by atoms with Crippen molar-refractivity contribution >= 4 is 5.69 Å². The number of nitrogens with one attached hydrogen (secondary N) is 2. The predicted octanol–water partition coefficient (Wildman–Crippen LogP) is 2.86. The average Bonchev–Trinajstić information content (AvgIpc) is 2.39. The number of hydrogen-bond acceptors (Lipinski definition) is 3. The van der Waals surface area contributed by atoms with Crippen molar-refractivity contribution in [3.05, 3.63) is 59.4 Å². The van der Waals surface area contributed by atoms with E-state index in [1.54, 1.807) is 0 Å². The number of nitrogens with zero attached hydrogens (tertiary/aromatic N) is 1. The van der Waals surface area contributed by atoms with Crippen LogP contribution in [0.25, 0.3) is 0 Å². The van der Waals surface area contributed by atoms with Crippen molar-refractivity contribution in [2.24, 2.45) is 0 Å². The Bertz CT molecular complexity index is 427. The molecule has 0 aliphatic carbocycles. The molecule has 2 rings (SSSR count). The molecular weight excluding hydrogens is 222 g/mol. The van der Waals surface area contributed by atoms with E-state index in [-0.39, 0.29) is 0 Å². The molecule has 0 fully saturated rings. The van der Waals surface area contributed by atoms with Crippen LogP contribution < -0.4 is 10.9 Å². The smallest absolute Gasteiger partial charge is 0.0487 e. The second-order valence-corrected chi connectivity index (χ2v) is 4.48. The van der Waals surface area contributed by atoms with E-state index in [0.717, 1.165) is 24.3 Å². The minimum absolute atomic E-state index is 0.874. The first kappa shape index (κ1) is 12.6. The van der Waals surface area contributed by atoms with Crippen LogP contribution in [0.2, 0.25) is 0 Å². The maximum Gasteiger partial charge on any atom is 0.0487 e. The predicted molar refractivity (Wildman–Crippen MR) is 75.5 cm³/mol. The van der Waals surface area contributed by atoms with E-state index in [4.69, 9.17) is 0 Å². The Labute approximate surface area is 108 Å². The standard InChI is InChI=1S/C15H19N3/c1-12-3-7-15(8-4-12)18-17-10-9-14-6-5-13(2)16-11-14/h3-8,11,17-18H,9-10H2,1-2H3. The van der Waals surface area contributed by atoms with Crippen LogP contribution in [0.4, 0.5) is 5.69 Å². The SMILES string of the molecule is Cc1ccc(NNCCc2ccc(C)nc2)cc1. The van der Waals surface area contributed by atoms with E-state index in [1.165, 1.54) is 11.1 Å². The number of hydrogen-bond donors (Lipinski definition) is 2. The first-order valence-corrected chi connectivity index (χ1v) is 6.21. The molecule has 0 saturated carbocycles. The Morgan fingerprint density at radius 2 is 1.78 bits per heavy atom. The lowest BCUT2D eigenvalue weighted by atomic mass is 10.2. The molecular formula is C15H19N3. The zero-order valence-corrected chi connectivity index (χ0v) is 10.9. The summed E-state index contributed by atoms with van der Waals surface area (Å²) in [5.41, 5.74) is 11.1. The third-order valence-corrected chi connectivity index (χ3v) is 2.80. The summed E-state index contributed by atoms with van der Waals surface area (Å²) in [5, 5.41) is 0. The summed E-state index contributed by atoms with van der Waals surface area (Å²) in [6, 6.07) is 12.5. The lowest BCUT2D eigenvalue weighted by Crippen LogP contribution is -2.24. The molecule has 2 aromatic rings. The highest BCUT2D eigenvalue weighted by Crippen LogP contribution is 2.07. The van der Waals surface area contributed by atoms with Gasteiger partial charge in [0.2, 0.25) is 0 Å². The van der Waals surface area contributed by atoms with Gasteiger partial charge in [-0.1, -0.05) is 23.8 Å². The van der Waals surface area contributed by atoms with E-state index in [1.807, 2.05) is 19.2 Å². The minimum Gasteiger partial charge on any atom is -0.321 e. The van der Waals surface area contributed by atoms with Crippen molar-refractivity contribution in [2.75, 3.05) is 12.0 Å². The fourth-order valence-corrected chi connectivity index (χ4v) is 1.65. The zero-order valence-electron chi connectivity index (χ0n) is 10.9. The number of pyridine rings is 1. The van der Waals surface area contributed by atoms with Gasteiger partial charge in [0.05, 0.1) is 0 Å². The van der Waals surface area contributed by atoms with E-state index in [0.29, 0.717) is 0 Å². The molecule has 1 aromatic carbocycles. The molecule has 18 heavy (non-hydrogen) atoms. The van der Waals surface area contributed by atoms with E-state index < -0.39 is 0 Å². The fourth-order valence-electron chi connectivity index (χ4n) is 1.65. The number of aryl methyl sites for hydroxylation is 2. The summed E-state index contributed by atoms with van der Waals surface area (Å²) in [7, 11) is 0. The van der Waals surface area contributed by atoms with Crippen LogP contribution in [-0.2, 0) is 6.42 Å². The van der Waals surface area contributed by atoms with Crippen molar-refractivity contribution in [3.63, 3.8) is 0 Å². The van der Waals surface area contributed by atoms with Crippen molar-refractivity contribution < 1.29 is 0 Å². The van der Waals surface area contributed by atoms with Crippen LogP contribution in [0.3, 0.4) is 0 Å². The summed E-state index contributed by atoms with van der Waals surface area (Å²) in [5.74, 6) is 0. The van der Waals surface area contributed by atoms with Gasteiger partial charge in [0.25, 0.3) is 0 Å². The van der Waals surface area contributed by atoms with E-state index in [9.17, 15) is 0 Å². The minimum atomic E-state index is 0.874. The van der Waals surface area contributed by atoms with Crippen LogP contribution in [0.5, 0.6) is 0 Å². The Morgan fingerprint density at radius 3 is 2.44 bits per heavy atom. The molecule has 0 atom stereocenters. The van der Waals surface area contributed by atoms with Crippen molar-refractivity contribution in [1.29, 1.82) is 0 Å². The maximum atomic E-state index is 4.28. The highest BCUT2D eigenvalue weighted by molar-refractivity contribution is 5.43. The number of aromatic nitrogens is 1. The molecule has 0 aliphatic rings. The third kappa shape index (κ3) is 3.86. The molecule has 3 nitrogen and oxygen atoms in total. The topological polar surface area (TPSA) is 37.0 Å². The molecule has 0 bridgehead atoms. The second-order valence-electron chi connectivity index (χ2n) is 4.48. The summed E-state index contributed by atoms with van der Waals surface area (Å²) in [6.07, 6.45) is 2.90. The largest absolute Gasteiger partial charge is 0.321 e. The summed E-state index contributed by atoms with van der Waals surface area (Å²) >= 11 is 0. The van der Waals surface area contributed by atoms with Gasteiger partial charge in [-0.25, -0.2) is 5.43 Å². The van der Waals surface area contributed by atoms with Gasteiger partial charge in [0, 0.05) is 24.1 Å². The first-order chi connectivity index (χ1) is 8.74. The van der Waals surface area contributed by atoms with E-state index in [2.05, 4.69) is 53.1 Å². The number of benzene rings is 1. The van der Waals surface area contributed by atoms with Crippen molar-refractivity contribution in [3.8, 4) is 0 Å². The van der Waals surface area contributed by atoms with E-state index >= 15 is 0 Å². The molecule has 3 heteroatoms. The van der Waals surface area contributed by atoms with Crippen LogP contribution in [0, 0.1) is 13.8 Å². The maximum absolute atomic E-state index is 4.28. The fraction of sp³-hybridized carbons (Fsp3) is 0.267. The van der Waals surface area contributed by atoms with Crippen LogP contribution in [0.1, 0.15) is 16.8 Å². The van der Waals surface area contributed by atoms with Gasteiger partial charge in [0.15, 0.2) is 0 Å². The lowest BCUT2D eigenvalue weighted by Gasteiger charge is -2.08. The van der Waals surface area contributed by atoms with Gasteiger partial charge in [-0.2, -0.15) is 0 Å². The first-order valence-electron chi connectivity index (χ1n) is 6.21. The van der Waals surface area contributed by atoms with Crippen LogP contribution >= 0.6 is 0 Å². The quantitative estimate of drug-likeness (QED) is 0.624. The molecule has 0 spiro atoms. The third-order valence-electron chi connectivity index (χ3n) is 2.80. The number of rotatable bonds is 5. The summed E-state index contributed by atoms with van der Waals surface area (Å²) in [6.45, 7) is 4.96. The molecule has 0 amide bonds. The Kier molecular flexibility index (Phi) is 4.31. The summed E-state index contributed by atoms with van der Waals surface area (Å²) in [4.78, 5) is 4.28. The zero-order chi connectivity index (χ0) is 12.8. The normalized spacial score (nSPS) is 10.3. The highest BCUT2D eigenvalue weighted by atomic mass is 15.3. The number of hydrazine groups is 1. The van der Waals surface area contributed by atoms with Gasteiger partial charge >= 0.3 is 0 Å². The molecule has 0 aliphatic heterocycles. The van der Waals surface area contributed by atoms with Crippen molar-refractivity contribution in [1.82, 2.24) is 10.4 Å². The van der Waals surface area contributed by atoms with Crippen LogP contribution in [0.15, 0.2) is 42.6 Å². The van der Waals surface area contributed by atoms with Crippen LogP contribution in [-0.4, -0.2) is 11.5 Å². The monoisotopic (exact) mass is 241 g/mol.